The fraction of sp³-hybridized carbons (Fsp3) is 0.211. The SMILES string of the molecule is Cc1ccccc1NC(=O)c1nnn2c1CO[C@H](c1ccc(F)cc1)C2. The highest BCUT2D eigenvalue weighted by molar-refractivity contribution is 6.03. The molecule has 1 aliphatic heterocycles. The predicted molar refractivity (Wildman–Crippen MR) is 93.1 cm³/mol. The van der Waals surface area contributed by atoms with Crippen LogP contribution in [0.25, 0.3) is 0 Å². The Labute approximate surface area is 149 Å². The molecule has 0 spiro atoms. The van der Waals surface area contributed by atoms with Crippen molar-refractivity contribution in [3.8, 4) is 0 Å². The number of ether oxygens (including phenoxy) is 1. The number of rotatable bonds is 3. The van der Waals surface area contributed by atoms with E-state index in [1.54, 1.807) is 16.8 Å². The third-order valence-corrected chi connectivity index (χ3v) is 4.45. The topological polar surface area (TPSA) is 69.0 Å². The number of carbonyl (C=O) groups excluding carboxylic acids is 1. The molecule has 1 aromatic heterocycles. The maximum atomic E-state index is 13.1. The Hall–Kier alpha value is -3.06. The lowest BCUT2D eigenvalue weighted by atomic mass is 10.1. The lowest BCUT2D eigenvalue weighted by Gasteiger charge is -2.24. The van der Waals surface area contributed by atoms with Gasteiger partial charge in [-0.1, -0.05) is 35.5 Å². The van der Waals surface area contributed by atoms with E-state index >= 15 is 0 Å². The predicted octanol–water partition coefficient (Wildman–Crippen LogP) is 3.25. The summed E-state index contributed by atoms with van der Waals surface area (Å²) >= 11 is 0. The minimum atomic E-state index is -0.315. The summed E-state index contributed by atoms with van der Waals surface area (Å²) in [5.41, 5.74) is 3.45. The summed E-state index contributed by atoms with van der Waals surface area (Å²) in [6.07, 6.45) is -0.253. The van der Waals surface area contributed by atoms with E-state index in [4.69, 9.17) is 4.74 Å². The molecule has 1 amide bonds. The Balaban J connectivity index is 1.53. The summed E-state index contributed by atoms with van der Waals surface area (Å²) in [6, 6.07) is 13.7. The molecule has 6 nitrogen and oxygen atoms in total. The van der Waals surface area contributed by atoms with E-state index in [0.717, 1.165) is 16.8 Å². The number of amides is 1. The van der Waals surface area contributed by atoms with E-state index in [2.05, 4.69) is 15.6 Å². The van der Waals surface area contributed by atoms with Gasteiger partial charge < -0.3 is 10.1 Å². The molecule has 2 heterocycles. The van der Waals surface area contributed by atoms with Crippen LogP contribution in [0, 0.1) is 12.7 Å². The van der Waals surface area contributed by atoms with Gasteiger partial charge in [-0.2, -0.15) is 0 Å². The number of nitrogens with zero attached hydrogens (tertiary/aromatic N) is 3. The van der Waals surface area contributed by atoms with Gasteiger partial charge in [0.2, 0.25) is 0 Å². The number of benzene rings is 2. The molecule has 0 aliphatic carbocycles. The van der Waals surface area contributed by atoms with Gasteiger partial charge in [0, 0.05) is 5.69 Å². The van der Waals surface area contributed by atoms with Crippen LogP contribution in [-0.2, 0) is 17.9 Å². The zero-order chi connectivity index (χ0) is 18.1. The molecule has 26 heavy (non-hydrogen) atoms. The first-order valence-electron chi connectivity index (χ1n) is 8.28. The average molecular weight is 352 g/mol. The molecule has 0 bridgehead atoms. The summed E-state index contributed by atoms with van der Waals surface area (Å²) in [4.78, 5) is 12.6. The molecule has 0 unspecified atom stereocenters. The van der Waals surface area contributed by atoms with Crippen molar-refractivity contribution in [2.24, 2.45) is 0 Å². The molecule has 3 aromatic rings. The molecule has 4 rings (SSSR count). The summed E-state index contributed by atoms with van der Waals surface area (Å²) in [5.74, 6) is -0.606. The van der Waals surface area contributed by atoms with E-state index in [1.165, 1.54) is 12.1 Å². The van der Waals surface area contributed by atoms with Crippen LogP contribution in [0.5, 0.6) is 0 Å². The fourth-order valence-electron chi connectivity index (χ4n) is 2.96. The van der Waals surface area contributed by atoms with Crippen molar-refractivity contribution in [2.45, 2.75) is 26.2 Å². The van der Waals surface area contributed by atoms with E-state index < -0.39 is 0 Å². The van der Waals surface area contributed by atoms with Gasteiger partial charge in [0.1, 0.15) is 11.9 Å². The minimum absolute atomic E-state index is 0.214. The maximum Gasteiger partial charge on any atom is 0.278 e. The first-order valence-corrected chi connectivity index (χ1v) is 8.28. The van der Waals surface area contributed by atoms with E-state index in [-0.39, 0.29) is 30.1 Å². The number of hydrogen-bond acceptors (Lipinski definition) is 4. The molecule has 1 atom stereocenters. The van der Waals surface area contributed by atoms with Crippen molar-refractivity contribution >= 4 is 11.6 Å². The number of carbonyl (C=O) groups is 1. The van der Waals surface area contributed by atoms with Gasteiger partial charge in [-0.25, -0.2) is 9.07 Å². The lowest BCUT2D eigenvalue weighted by Crippen LogP contribution is -2.24. The maximum absolute atomic E-state index is 13.1. The van der Waals surface area contributed by atoms with E-state index in [0.29, 0.717) is 12.2 Å². The van der Waals surface area contributed by atoms with Crippen LogP contribution in [0.4, 0.5) is 10.1 Å². The Morgan fingerprint density at radius 3 is 2.77 bits per heavy atom. The van der Waals surface area contributed by atoms with Gasteiger partial charge in [0.15, 0.2) is 5.69 Å². The minimum Gasteiger partial charge on any atom is -0.365 e. The van der Waals surface area contributed by atoms with Crippen LogP contribution in [0.1, 0.15) is 33.4 Å². The second kappa shape index (κ2) is 6.68. The summed E-state index contributed by atoms with van der Waals surface area (Å²) in [6.45, 7) is 2.56. The third-order valence-electron chi connectivity index (χ3n) is 4.45. The zero-order valence-corrected chi connectivity index (χ0v) is 14.1. The second-order valence-electron chi connectivity index (χ2n) is 6.19. The van der Waals surface area contributed by atoms with Gasteiger partial charge >= 0.3 is 0 Å². The molecular formula is C19H17FN4O2. The number of anilines is 1. The Kier molecular flexibility index (Phi) is 4.22. The number of para-hydroxylation sites is 1. The van der Waals surface area contributed by atoms with E-state index in [9.17, 15) is 9.18 Å². The third kappa shape index (κ3) is 3.09. The van der Waals surface area contributed by atoms with Crippen molar-refractivity contribution < 1.29 is 13.9 Å². The van der Waals surface area contributed by atoms with Crippen molar-refractivity contribution in [3.05, 3.63) is 76.9 Å². The Morgan fingerprint density at radius 2 is 2.00 bits per heavy atom. The summed E-state index contributed by atoms with van der Waals surface area (Å²) < 4.78 is 20.6. The number of aryl methyl sites for hydroxylation is 1. The number of fused-ring (bicyclic) bond motifs is 1. The van der Waals surface area contributed by atoms with Crippen LogP contribution in [0.3, 0.4) is 0 Å². The van der Waals surface area contributed by atoms with Crippen LogP contribution in [0.2, 0.25) is 0 Å². The molecule has 132 valence electrons. The van der Waals surface area contributed by atoms with Gasteiger partial charge in [-0.3, -0.25) is 4.79 Å². The van der Waals surface area contributed by atoms with Gasteiger partial charge in [-0.15, -0.1) is 5.10 Å². The average Bonchev–Trinajstić information content (AvgIpc) is 3.07. The quantitative estimate of drug-likeness (QED) is 0.786. The first kappa shape index (κ1) is 16.4. The number of hydrogen-bond donors (Lipinski definition) is 1. The van der Waals surface area contributed by atoms with Crippen LogP contribution in [-0.4, -0.2) is 20.9 Å². The second-order valence-corrected chi connectivity index (χ2v) is 6.19. The lowest BCUT2D eigenvalue weighted by molar-refractivity contribution is -0.00174. The number of aromatic nitrogens is 3. The zero-order valence-electron chi connectivity index (χ0n) is 14.1. The van der Waals surface area contributed by atoms with Crippen LogP contribution >= 0.6 is 0 Å². The monoisotopic (exact) mass is 352 g/mol. The highest BCUT2D eigenvalue weighted by Gasteiger charge is 2.27. The number of halogens is 1. The molecular weight excluding hydrogens is 335 g/mol. The van der Waals surface area contributed by atoms with E-state index in [1.807, 2.05) is 31.2 Å². The van der Waals surface area contributed by atoms with Crippen molar-refractivity contribution in [1.82, 2.24) is 15.0 Å². The van der Waals surface area contributed by atoms with Crippen molar-refractivity contribution in [2.75, 3.05) is 5.32 Å². The largest absolute Gasteiger partial charge is 0.365 e. The van der Waals surface area contributed by atoms with Gasteiger partial charge in [0.25, 0.3) is 5.91 Å². The van der Waals surface area contributed by atoms with Gasteiger partial charge in [0.05, 0.1) is 18.8 Å². The molecule has 1 N–H and O–H groups in total. The fourth-order valence-corrected chi connectivity index (χ4v) is 2.96. The molecule has 1 aliphatic rings. The molecule has 0 radical (unpaired) electrons. The smallest absolute Gasteiger partial charge is 0.278 e. The molecule has 0 saturated carbocycles. The van der Waals surface area contributed by atoms with Crippen molar-refractivity contribution in [3.63, 3.8) is 0 Å². The molecule has 0 fully saturated rings. The number of nitrogens with one attached hydrogen (secondary N) is 1. The highest BCUT2D eigenvalue weighted by atomic mass is 19.1. The van der Waals surface area contributed by atoms with Crippen molar-refractivity contribution in [1.29, 1.82) is 0 Å². The molecule has 0 saturated heterocycles. The summed E-state index contributed by atoms with van der Waals surface area (Å²) in [7, 11) is 0. The van der Waals surface area contributed by atoms with Gasteiger partial charge in [-0.05, 0) is 36.2 Å². The summed E-state index contributed by atoms with van der Waals surface area (Å²) in [5, 5.41) is 11.0. The highest BCUT2D eigenvalue weighted by Crippen LogP contribution is 2.27. The standard InChI is InChI=1S/C19H17FN4O2/c1-12-4-2-3-5-15(12)21-19(25)18-16-11-26-17(10-24(16)23-22-18)13-6-8-14(20)9-7-13/h2-9,17H,10-11H2,1H3,(H,21,25)/t17-/m0/s1. The Bertz CT molecular complexity index is 952. The van der Waals surface area contributed by atoms with Crippen LogP contribution in [0.15, 0.2) is 48.5 Å². The normalized spacial score (nSPS) is 16.2. The molecule has 7 heteroatoms. The Morgan fingerprint density at radius 1 is 1.23 bits per heavy atom. The van der Waals surface area contributed by atoms with Crippen LogP contribution < -0.4 is 5.32 Å². The first-order chi connectivity index (χ1) is 12.6. The molecule has 2 aromatic carbocycles.